The van der Waals surface area contributed by atoms with Crippen LogP contribution in [0.1, 0.15) is 17.0 Å². The van der Waals surface area contributed by atoms with E-state index in [-0.39, 0.29) is 12.5 Å². The Balaban J connectivity index is 1.56. The standard InChI is InChI=1S/C23H30N4O2/c1-17-9-10-18(2)21(15-17)29-16-23(28)24-12-11-22-25-19-7-5-6-8-20(19)27(22)14-13-26(3)4/h5-10,15H,11-14,16H2,1-4H3,(H,24,28). The number of carbonyl (C=O) groups excluding carboxylic acids is 1. The molecular formula is C23H30N4O2. The largest absolute Gasteiger partial charge is 0.483 e. The van der Waals surface area contributed by atoms with Crippen molar-refractivity contribution in [1.82, 2.24) is 19.8 Å². The zero-order valence-electron chi connectivity index (χ0n) is 17.7. The highest BCUT2D eigenvalue weighted by molar-refractivity contribution is 5.78. The van der Waals surface area contributed by atoms with E-state index in [2.05, 4.69) is 34.9 Å². The van der Waals surface area contributed by atoms with Crippen LogP contribution >= 0.6 is 0 Å². The number of carbonyl (C=O) groups is 1. The molecule has 0 atom stereocenters. The molecule has 0 aliphatic heterocycles. The number of nitrogens with one attached hydrogen (secondary N) is 1. The number of ether oxygens (including phenoxy) is 1. The maximum Gasteiger partial charge on any atom is 0.257 e. The van der Waals surface area contributed by atoms with Gasteiger partial charge < -0.3 is 19.5 Å². The lowest BCUT2D eigenvalue weighted by atomic mass is 10.1. The number of aromatic nitrogens is 2. The SMILES string of the molecule is Cc1ccc(C)c(OCC(=O)NCCc2nc3ccccc3n2CCN(C)C)c1. The Labute approximate surface area is 172 Å². The normalized spacial score (nSPS) is 11.2. The van der Waals surface area contributed by atoms with Gasteiger partial charge in [-0.15, -0.1) is 0 Å². The first kappa shape index (κ1) is 20.9. The smallest absolute Gasteiger partial charge is 0.257 e. The highest BCUT2D eigenvalue weighted by atomic mass is 16.5. The molecule has 6 heteroatoms. The summed E-state index contributed by atoms with van der Waals surface area (Å²) in [7, 11) is 4.13. The third kappa shape index (κ3) is 5.57. The van der Waals surface area contributed by atoms with Gasteiger partial charge in [0.15, 0.2) is 6.61 Å². The molecule has 1 aromatic heterocycles. The summed E-state index contributed by atoms with van der Waals surface area (Å²) in [5, 5.41) is 2.94. The summed E-state index contributed by atoms with van der Waals surface area (Å²) >= 11 is 0. The number of rotatable bonds is 9. The Morgan fingerprint density at radius 2 is 1.97 bits per heavy atom. The number of likely N-dealkylation sites (N-methyl/N-ethyl adjacent to an activating group) is 1. The number of aryl methyl sites for hydroxylation is 2. The fourth-order valence-electron chi connectivity index (χ4n) is 3.24. The molecule has 0 radical (unpaired) electrons. The predicted molar refractivity (Wildman–Crippen MR) is 116 cm³/mol. The maximum atomic E-state index is 12.2. The third-order valence-electron chi connectivity index (χ3n) is 4.88. The van der Waals surface area contributed by atoms with Crippen molar-refractivity contribution in [3.63, 3.8) is 0 Å². The van der Waals surface area contributed by atoms with Crippen molar-refractivity contribution in [3.8, 4) is 5.75 Å². The molecule has 29 heavy (non-hydrogen) atoms. The van der Waals surface area contributed by atoms with Gasteiger partial charge in [0.2, 0.25) is 0 Å². The Bertz CT molecular complexity index is 978. The molecular weight excluding hydrogens is 364 g/mol. The summed E-state index contributed by atoms with van der Waals surface area (Å²) in [6, 6.07) is 14.1. The zero-order valence-corrected chi connectivity index (χ0v) is 17.7. The second kappa shape index (κ2) is 9.56. The van der Waals surface area contributed by atoms with Gasteiger partial charge in [-0.25, -0.2) is 4.98 Å². The van der Waals surface area contributed by atoms with Crippen molar-refractivity contribution in [2.24, 2.45) is 0 Å². The summed E-state index contributed by atoms with van der Waals surface area (Å²) in [4.78, 5) is 19.1. The van der Waals surface area contributed by atoms with Crippen LogP contribution in [0.25, 0.3) is 11.0 Å². The average molecular weight is 395 g/mol. The van der Waals surface area contributed by atoms with E-state index in [4.69, 9.17) is 9.72 Å². The maximum absolute atomic E-state index is 12.2. The number of para-hydroxylation sites is 2. The molecule has 0 spiro atoms. The Morgan fingerprint density at radius 1 is 1.17 bits per heavy atom. The van der Waals surface area contributed by atoms with E-state index in [0.717, 1.165) is 46.8 Å². The molecule has 0 aliphatic rings. The van der Waals surface area contributed by atoms with Crippen molar-refractivity contribution in [1.29, 1.82) is 0 Å². The van der Waals surface area contributed by atoms with E-state index in [1.54, 1.807) is 0 Å². The Kier molecular flexibility index (Phi) is 6.88. The van der Waals surface area contributed by atoms with Gasteiger partial charge in [0.25, 0.3) is 5.91 Å². The van der Waals surface area contributed by atoms with Gasteiger partial charge in [-0.1, -0.05) is 24.3 Å². The van der Waals surface area contributed by atoms with Crippen molar-refractivity contribution in [2.45, 2.75) is 26.8 Å². The van der Waals surface area contributed by atoms with E-state index >= 15 is 0 Å². The minimum atomic E-state index is -0.123. The lowest BCUT2D eigenvalue weighted by molar-refractivity contribution is -0.123. The van der Waals surface area contributed by atoms with E-state index in [0.29, 0.717) is 13.0 Å². The Hall–Kier alpha value is -2.86. The minimum Gasteiger partial charge on any atom is -0.483 e. The highest BCUT2D eigenvalue weighted by Crippen LogP contribution is 2.19. The molecule has 154 valence electrons. The van der Waals surface area contributed by atoms with Gasteiger partial charge >= 0.3 is 0 Å². The van der Waals surface area contributed by atoms with Crippen LogP contribution < -0.4 is 10.1 Å². The topological polar surface area (TPSA) is 59.4 Å². The summed E-state index contributed by atoms with van der Waals surface area (Å²) < 4.78 is 7.92. The fraction of sp³-hybridized carbons (Fsp3) is 0.391. The van der Waals surface area contributed by atoms with Crippen molar-refractivity contribution < 1.29 is 9.53 Å². The van der Waals surface area contributed by atoms with Crippen LogP contribution in [0.4, 0.5) is 0 Å². The van der Waals surface area contributed by atoms with E-state index in [1.165, 1.54) is 0 Å². The van der Waals surface area contributed by atoms with Crippen LogP contribution in [0.2, 0.25) is 0 Å². The zero-order chi connectivity index (χ0) is 20.8. The first-order chi connectivity index (χ1) is 13.9. The van der Waals surface area contributed by atoms with E-state index in [9.17, 15) is 4.79 Å². The number of hydrogen-bond acceptors (Lipinski definition) is 4. The summed E-state index contributed by atoms with van der Waals surface area (Å²) in [6.45, 7) is 6.33. The van der Waals surface area contributed by atoms with Gasteiger partial charge in [-0.05, 0) is 57.3 Å². The lowest BCUT2D eigenvalue weighted by Crippen LogP contribution is -2.31. The molecule has 0 saturated heterocycles. The summed E-state index contributed by atoms with van der Waals surface area (Å²) in [5.41, 5.74) is 4.26. The molecule has 6 nitrogen and oxygen atoms in total. The van der Waals surface area contributed by atoms with Crippen molar-refractivity contribution in [2.75, 3.05) is 33.8 Å². The second-order valence-corrected chi connectivity index (χ2v) is 7.63. The number of imidazole rings is 1. The molecule has 0 unspecified atom stereocenters. The molecule has 0 bridgehead atoms. The van der Waals surface area contributed by atoms with E-state index in [1.807, 2.05) is 50.2 Å². The number of fused-ring (bicyclic) bond motifs is 1. The predicted octanol–water partition coefficient (Wildman–Crippen LogP) is 2.95. The van der Waals surface area contributed by atoms with Crippen LogP contribution in [0, 0.1) is 13.8 Å². The van der Waals surface area contributed by atoms with Gasteiger partial charge in [0, 0.05) is 26.1 Å². The summed E-state index contributed by atoms with van der Waals surface area (Å²) in [6.07, 6.45) is 0.678. The van der Waals surface area contributed by atoms with Crippen molar-refractivity contribution >= 4 is 16.9 Å². The first-order valence-electron chi connectivity index (χ1n) is 9.99. The minimum absolute atomic E-state index is 0.0152. The molecule has 1 heterocycles. The fourth-order valence-corrected chi connectivity index (χ4v) is 3.24. The first-order valence-corrected chi connectivity index (χ1v) is 9.99. The quantitative estimate of drug-likeness (QED) is 0.606. The molecule has 1 amide bonds. The molecule has 0 fully saturated rings. The van der Waals surface area contributed by atoms with Gasteiger partial charge in [0.1, 0.15) is 11.6 Å². The van der Waals surface area contributed by atoms with Crippen LogP contribution in [0.15, 0.2) is 42.5 Å². The van der Waals surface area contributed by atoms with Crippen LogP contribution in [-0.4, -0.2) is 54.1 Å². The van der Waals surface area contributed by atoms with E-state index < -0.39 is 0 Å². The molecule has 0 saturated carbocycles. The number of hydrogen-bond donors (Lipinski definition) is 1. The Morgan fingerprint density at radius 3 is 2.76 bits per heavy atom. The van der Waals surface area contributed by atoms with Gasteiger partial charge in [0.05, 0.1) is 11.0 Å². The summed E-state index contributed by atoms with van der Waals surface area (Å²) in [5.74, 6) is 1.62. The van der Waals surface area contributed by atoms with Crippen LogP contribution in [0.5, 0.6) is 5.75 Å². The van der Waals surface area contributed by atoms with Crippen LogP contribution in [0.3, 0.4) is 0 Å². The molecule has 1 N–H and O–H groups in total. The van der Waals surface area contributed by atoms with Gasteiger partial charge in [-0.3, -0.25) is 4.79 Å². The molecule has 2 aromatic carbocycles. The number of amides is 1. The van der Waals surface area contributed by atoms with Crippen molar-refractivity contribution in [3.05, 3.63) is 59.4 Å². The highest BCUT2D eigenvalue weighted by Gasteiger charge is 2.11. The molecule has 0 aliphatic carbocycles. The number of nitrogens with zero attached hydrogens (tertiary/aromatic N) is 3. The molecule has 3 aromatic rings. The molecule has 3 rings (SSSR count). The second-order valence-electron chi connectivity index (χ2n) is 7.63. The van der Waals surface area contributed by atoms with Crippen LogP contribution in [-0.2, 0) is 17.8 Å². The average Bonchev–Trinajstić information content (AvgIpc) is 3.04. The monoisotopic (exact) mass is 394 g/mol. The lowest BCUT2D eigenvalue weighted by Gasteiger charge is -2.14. The third-order valence-corrected chi connectivity index (χ3v) is 4.88. The van der Waals surface area contributed by atoms with Gasteiger partial charge in [-0.2, -0.15) is 0 Å². The number of benzene rings is 2.